The fraction of sp³-hybridized carbons (Fsp3) is 0.316. The molecule has 1 aliphatic rings. The maximum Gasteiger partial charge on any atom is 0.258 e. The number of nitrogens with one attached hydrogen (secondary N) is 1. The quantitative estimate of drug-likeness (QED) is 0.771. The predicted octanol–water partition coefficient (Wildman–Crippen LogP) is 2.08. The van der Waals surface area contributed by atoms with Crippen molar-refractivity contribution >= 4 is 16.9 Å². The van der Waals surface area contributed by atoms with Crippen LogP contribution in [0.5, 0.6) is 0 Å². The second kappa shape index (κ2) is 6.76. The Balaban J connectivity index is 1.52. The third-order valence-electron chi connectivity index (χ3n) is 4.58. The summed E-state index contributed by atoms with van der Waals surface area (Å²) < 4.78 is 16.2. The van der Waals surface area contributed by atoms with Crippen molar-refractivity contribution in [1.29, 1.82) is 0 Å². The molecule has 3 aromatic rings. The lowest BCUT2D eigenvalue weighted by Crippen LogP contribution is -2.42. The van der Waals surface area contributed by atoms with E-state index in [-0.39, 0.29) is 23.0 Å². The average molecular weight is 354 g/mol. The van der Waals surface area contributed by atoms with Gasteiger partial charge in [0.05, 0.1) is 30.3 Å². The second-order valence-electron chi connectivity index (χ2n) is 6.49. The molecule has 0 unspecified atom stereocenters. The summed E-state index contributed by atoms with van der Waals surface area (Å²) in [6, 6.07) is 8.51. The van der Waals surface area contributed by atoms with Crippen LogP contribution in [0.2, 0.25) is 0 Å². The van der Waals surface area contributed by atoms with Crippen LogP contribution in [0.25, 0.3) is 11.0 Å². The molecule has 3 heterocycles. The number of para-hydroxylation sites is 1. The van der Waals surface area contributed by atoms with Crippen molar-refractivity contribution in [1.82, 2.24) is 10.5 Å². The van der Waals surface area contributed by atoms with Gasteiger partial charge in [-0.1, -0.05) is 17.3 Å². The van der Waals surface area contributed by atoms with E-state index in [9.17, 15) is 9.59 Å². The fourth-order valence-corrected chi connectivity index (χ4v) is 3.21. The van der Waals surface area contributed by atoms with Crippen LogP contribution >= 0.6 is 0 Å². The van der Waals surface area contributed by atoms with Crippen LogP contribution in [0.1, 0.15) is 21.8 Å². The topological polar surface area (TPSA) is 94.6 Å². The second-order valence-corrected chi connectivity index (χ2v) is 6.49. The lowest BCUT2D eigenvalue weighted by atomic mass is 9.98. The number of benzene rings is 1. The molecule has 7 heteroatoms. The zero-order chi connectivity index (χ0) is 18.1. The molecule has 1 aromatic carbocycles. The van der Waals surface area contributed by atoms with E-state index in [1.165, 1.54) is 6.26 Å². The van der Waals surface area contributed by atoms with Crippen LogP contribution < -0.4 is 10.7 Å². The van der Waals surface area contributed by atoms with Gasteiger partial charge in [0.15, 0.2) is 0 Å². The number of ether oxygens (including phenoxy) is 1. The van der Waals surface area contributed by atoms with Gasteiger partial charge in [-0.2, -0.15) is 0 Å². The number of aryl methyl sites for hydroxylation is 1. The van der Waals surface area contributed by atoms with Gasteiger partial charge in [-0.05, 0) is 19.1 Å². The van der Waals surface area contributed by atoms with E-state index in [4.69, 9.17) is 13.7 Å². The number of fused-ring (bicyclic) bond motifs is 1. The molecule has 0 bridgehead atoms. The van der Waals surface area contributed by atoms with Crippen molar-refractivity contribution in [2.75, 3.05) is 13.2 Å². The van der Waals surface area contributed by atoms with Gasteiger partial charge >= 0.3 is 0 Å². The summed E-state index contributed by atoms with van der Waals surface area (Å²) in [6.07, 6.45) is 1.82. The molecule has 1 N–H and O–H groups in total. The van der Waals surface area contributed by atoms with Crippen LogP contribution in [-0.4, -0.2) is 30.3 Å². The first kappa shape index (κ1) is 16.5. The van der Waals surface area contributed by atoms with E-state index in [0.717, 1.165) is 11.5 Å². The zero-order valence-corrected chi connectivity index (χ0v) is 14.2. The first-order chi connectivity index (χ1) is 12.6. The maximum atomic E-state index is 12.6. The van der Waals surface area contributed by atoms with E-state index in [2.05, 4.69) is 10.5 Å². The largest absolute Gasteiger partial charge is 0.463 e. The number of hydrogen-bond donors (Lipinski definition) is 1. The summed E-state index contributed by atoms with van der Waals surface area (Å²) in [5, 5.41) is 7.15. The molecule has 1 saturated heterocycles. The Hall–Kier alpha value is -2.93. The van der Waals surface area contributed by atoms with E-state index in [1.54, 1.807) is 24.3 Å². The minimum absolute atomic E-state index is 0.00939. The summed E-state index contributed by atoms with van der Waals surface area (Å²) in [4.78, 5) is 25.1. The van der Waals surface area contributed by atoms with Gasteiger partial charge in [0.1, 0.15) is 23.2 Å². The molecule has 0 aliphatic carbocycles. The molecule has 2 atom stereocenters. The first-order valence-corrected chi connectivity index (χ1v) is 8.43. The van der Waals surface area contributed by atoms with Crippen LogP contribution in [0, 0.1) is 12.8 Å². The van der Waals surface area contributed by atoms with Gasteiger partial charge in [0.2, 0.25) is 5.43 Å². The average Bonchev–Trinajstić information content (AvgIpc) is 3.25. The third kappa shape index (κ3) is 3.13. The van der Waals surface area contributed by atoms with Gasteiger partial charge in [0.25, 0.3) is 5.91 Å². The Morgan fingerprint density at radius 2 is 2.15 bits per heavy atom. The standard InChI is InChI=1S/C19H18N2O5/c1-11-6-13(26-21-11)7-12-8-24-10-16(12)20-19(23)15-9-25-17-5-3-2-4-14(17)18(15)22/h2-6,9,12,16H,7-8,10H2,1H3,(H,20,23)/t12-,16+/m1/s1. The molecule has 7 nitrogen and oxygen atoms in total. The Labute approximate surface area is 148 Å². The van der Waals surface area contributed by atoms with Crippen LogP contribution in [0.4, 0.5) is 0 Å². The van der Waals surface area contributed by atoms with Crippen LogP contribution in [-0.2, 0) is 11.2 Å². The highest BCUT2D eigenvalue weighted by atomic mass is 16.5. The Morgan fingerprint density at radius 3 is 2.96 bits per heavy atom. The maximum absolute atomic E-state index is 12.6. The van der Waals surface area contributed by atoms with E-state index >= 15 is 0 Å². The zero-order valence-electron chi connectivity index (χ0n) is 14.2. The monoisotopic (exact) mass is 354 g/mol. The lowest BCUT2D eigenvalue weighted by Gasteiger charge is -2.17. The molecule has 1 fully saturated rings. The molecule has 0 spiro atoms. The molecule has 1 amide bonds. The SMILES string of the molecule is Cc1cc(C[C@@H]2COC[C@@H]2NC(=O)c2coc3ccccc3c2=O)on1. The van der Waals surface area contributed by atoms with E-state index in [1.807, 2.05) is 13.0 Å². The molecule has 0 saturated carbocycles. The Bertz CT molecular complexity index is 1010. The van der Waals surface area contributed by atoms with Crippen molar-refractivity contribution < 1.29 is 18.5 Å². The molecule has 1 aliphatic heterocycles. The molecule has 0 radical (unpaired) electrons. The lowest BCUT2D eigenvalue weighted by molar-refractivity contribution is 0.0921. The number of carbonyl (C=O) groups excluding carboxylic acids is 1. The molecular formula is C19H18N2O5. The van der Waals surface area contributed by atoms with Crippen molar-refractivity contribution in [2.45, 2.75) is 19.4 Å². The third-order valence-corrected chi connectivity index (χ3v) is 4.58. The van der Waals surface area contributed by atoms with Gasteiger partial charge < -0.3 is 19.0 Å². The summed E-state index contributed by atoms with van der Waals surface area (Å²) in [5.41, 5.74) is 0.917. The summed E-state index contributed by atoms with van der Waals surface area (Å²) >= 11 is 0. The normalized spacial score (nSPS) is 19.7. The highest BCUT2D eigenvalue weighted by Gasteiger charge is 2.31. The molecular weight excluding hydrogens is 336 g/mol. The number of rotatable bonds is 4. The van der Waals surface area contributed by atoms with E-state index < -0.39 is 5.91 Å². The van der Waals surface area contributed by atoms with Gasteiger partial charge in [-0.3, -0.25) is 9.59 Å². The minimum atomic E-state index is -0.459. The number of nitrogens with zero attached hydrogens (tertiary/aromatic N) is 1. The number of amides is 1. The molecule has 4 rings (SSSR count). The molecule has 2 aromatic heterocycles. The van der Waals surface area contributed by atoms with Crippen molar-refractivity contribution in [3.05, 3.63) is 63.8 Å². The number of carbonyl (C=O) groups is 1. The Kier molecular flexibility index (Phi) is 4.30. The minimum Gasteiger partial charge on any atom is -0.463 e. The summed E-state index contributed by atoms with van der Waals surface area (Å²) in [6.45, 7) is 2.76. The highest BCUT2D eigenvalue weighted by Crippen LogP contribution is 2.20. The van der Waals surface area contributed by atoms with Crippen LogP contribution in [0.15, 0.2) is 50.3 Å². The molecule has 26 heavy (non-hydrogen) atoms. The highest BCUT2D eigenvalue weighted by molar-refractivity contribution is 5.96. The summed E-state index contributed by atoms with van der Waals surface area (Å²) in [5.74, 6) is 0.347. The van der Waals surface area contributed by atoms with Crippen LogP contribution in [0.3, 0.4) is 0 Å². The molecule has 134 valence electrons. The van der Waals surface area contributed by atoms with Gasteiger partial charge in [-0.25, -0.2) is 0 Å². The Morgan fingerprint density at radius 1 is 1.31 bits per heavy atom. The van der Waals surface area contributed by atoms with Crippen molar-refractivity contribution in [3.63, 3.8) is 0 Å². The summed E-state index contributed by atoms with van der Waals surface area (Å²) in [7, 11) is 0. The van der Waals surface area contributed by atoms with Gasteiger partial charge in [-0.15, -0.1) is 0 Å². The smallest absolute Gasteiger partial charge is 0.258 e. The number of aromatic nitrogens is 1. The van der Waals surface area contributed by atoms with Crippen molar-refractivity contribution in [3.8, 4) is 0 Å². The number of hydrogen-bond acceptors (Lipinski definition) is 6. The predicted molar refractivity (Wildman–Crippen MR) is 93.0 cm³/mol. The van der Waals surface area contributed by atoms with Gasteiger partial charge in [0, 0.05) is 18.4 Å². The van der Waals surface area contributed by atoms with E-state index in [0.29, 0.717) is 30.6 Å². The first-order valence-electron chi connectivity index (χ1n) is 8.43. The van der Waals surface area contributed by atoms with Crippen molar-refractivity contribution in [2.24, 2.45) is 5.92 Å². The fourth-order valence-electron chi connectivity index (χ4n) is 3.21.